The Bertz CT molecular complexity index is 4000. The molecule has 0 saturated carbocycles. The number of para-hydroxylation sites is 5. The number of hydrogen-bond donors (Lipinski definition) is 0. The molecule has 4 aromatic heterocycles. The maximum Gasteiger partial charge on any atom is 0.248 e. The van der Waals surface area contributed by atoms with E-state index in [0.717, 1.165) is 88.6 Å². The molecule has 60 heavy (non-hydrogen) atoms. The molecule has 276 valence electrons. The number of rotatable bonds is 2. The molecule has 5 nitrogen and oxygen atoms in total. The lowest BCUT2D eigenvalue weighted by atomic mass is 9.37. The molecular formula is C54H29BN2O3. The Kier molecular flexibility index (Phi) is 5.67. The Balaban J connectivity index is 1.11. The zero-order valence-corrected chi connectivity index (χ0v) is 31.9. The second kappa shape index (κ2) is 11.0. The summed E-state index contributed by atoms with van der Waals surface area (Å²) in [6.07, 6.45) is 0. The van der Waals surface area contributed by atoms with E-state index < -0.39 is 0 Å². The molecule has 2 aliphatic rings. The number of hydrogen-bond acceptors (Lipinski definition) is 4. The van der Waals surface area contributed by atoms with Gasteiger partial charge in [-0.25, -0.2) is 0 Å². The van der Waals surface area contributed by atoms with Crippen molar-refractivity contribution in [2.24, 2.45) is 0 Å². The molecule has 6 heterocycles. The fourth-order valence-corrected chi connectivity index (χ4v) is 10.9. The van der Waals surface area contributed by atoms with Gasteiger partial charge in [0, 0.05) is 65.8 Å². The molecular weight excluding hydrogens is 735 g/mol. The zero-order valence-electron chi connectivity index (χ0n) is 31.9. The van der Waals surface area contributed by atoms with Crippen molar-refractivity contribution in [2.45, 2.75) is 0 Å². The van der Waals surface area contributed by atoms with Crippen LogP contribution in [0.1, 0.15) is 0 Å². The number of benzene rings is 9. The number of anilines is 3. The van der Waals surface area contributed by atoms with E-state index in [0.29, 0.717) is 0 Å². The first-order valence-electron chi connectivity index (χ1n) is 20.5. The van der Waals surface area contributed by atoms with E-state index in [-0.39, 0.29) is 6.71 Å². The summed E-state index contributed by atoms with van der Waals surface area (Å²) in [6, 6.07) is 63.5. The Morgan fingerprint density at radius 3 is 1.50 bits per heavy atom. The van der Waals surface area contributed by atoms with Gasteiger partial charge in [-0.1, -0.05) is 96.5 Å². The Morgan fingerprint density at radius 2 is 0.850 bits per heavy atom. The van der Waals surface area contributed by atoms with Crippen LogP contribution in [-0.2, 0) is 0 Å². The van der Waals surface area contributed by atoms with Crippen LogP contribution < -0.4 is 21.3 Å². The maximum atomic E-state index is 6.65. The molecule has 15 rings (SSSR count). The minimum Gasteiger partial charge on any atom is -0.456 e. The predicted molar refractivity (Wildman–Crippen MR) is 247 cm³/mol. The summed E-state index contributed by atoms with van der Waals surface area (Å²) in [5.41, 5.74) is 18.3. The van der Waals surface area contributed by atoms with Crippen molar-refractivity contribution in [3.8, 4) is 16.8 Å². The second-order valence-corrected chi connectivity index (χ2v) is 16.4. The standard InChI is InChI=1S/C54H29BN2O3/c1-6-16-44-32(11-1)33-12-2-7-17-45(33)57(44)31-24-41-37-26-39-35-14-4-9-19-49(35)59-52(39)28-42(37)55-43-29-53-40(36-15-5-10-20-50(36)60-53)27-46(43)56(47(25-31)54(41)55)30-21-22-51-38(23-30)34-13-3-8-18-48(34)58-51/h1-29H. The monoisotopic (exact) mass is 764 g/mol. The molecule has 0 bridgehead atoms. The van der Waals surface area contributed by atoms with Crippen LogP contribution in [0.3, 0.4) is 0 Å². The molecule has 2 aliphatic heterocycles. The van der Waals surface area contributed by atoms with E-state index in [2.05, 4.69) is 167 Å². The van der Waals surface area contributed by atoms with Crippen molar-refractivity contribution in [3.63, 3.8) is 0 Å². The van der Waals surface area contributed by atoms with Crippen molar-refractivity contribution in [2.75, 3.05) is 4.90 Å². The maximum absolute atomic E-state index is 6.65. The van der Waals surface area contributed by atoms with Crippen LogP contribution in [0.25, 0.3) is 104 Å². The fraction of sp³-hybridized carbons (Fsp3) is 0. The summed E-state index contributed by atoms with van der Waals surface area (Å²) < 4.78 is 22.1. The molecule has 0 saturated heterocycles. The van der Waals surface area contributed by atoms with Crippen LogP contribution in [0.4, 0.5) is 17.1 Å². The highest BCUT2D eigenvalue weighted by atomic mass is 16.3. The van der Waals surface area contributed by atoms with Crippen molar-refractivity contribution in [1.29, 1.82) is 0 Å². The number of nitrogens with zero attached hydrogens (tertiary/aromatic N) is 2. The summed E-state index contributed by atoms with van der Waals surface area (Å²) >= 11 is 0. The molecule has 13 aromatic rings. The van der Waals surface area contributed by atoms with Gasteiger partial charge in [-0.15, -0.1) is 0 Å². The Morgan fingerprint density at radius 1 is 0.333 bits per heavy atom. The smallest absolute Gasteiger partial charge is 0.248 e. The zero-order chi connectivity index (χ0) is 38.8. The molecule has 9 aromatic carbocycles. The average molecular weight is 765 g/mol. The van der Waals surface area contributed by atoms with Gasteiger partial charge in [0.2, 0.25) is 6.71 Å². The summed E-state index contributed by atoms with van der Waals surface area (Å²) in [6.45, 7) is -0.0582. The number of furan rings is 3. The van der Waals surface area contributed by atoms with Crippen LogP contribution in [0, 0.1) is 0 Å². The first-order chi connectivity index (χ1) is 29.7. The van der Waals surface area contributed by atoms with Crippen molar-refractivity contribution >= 4 is 128 Å². The summed E-state index contributed by atoms with van der Waals surface area (Å²) in [4.78, 5) is 2.50. The van der Waals surface area contributed by atoms with Gasteiger partial charge in [-0.05, 0) is 107 Å². The van der Waals surface area contributed by atoms with Gasteiger partial charge in [0.05, 0.1) is 11.0 Å². The highest BCUT2D eigenvalue weighted by molar-refractivity contribution is 7.01. The lowest BCUT2D eigenvalue weighted by Gasteiger charge is -2.36. The highest BCUT2D eigenvalue weighted by Crippen LogP contribution is 2.47. The minimum absolute atomic E-state index is 0.0582. The van der Waals surface area contributed by atoms with Crippen LogP contribution in [0.15, 0.2) is 189 Å². The van der Waals surface area contributed by atoms with Gasteiger partial charge in [0.1, 0.15) is 33.5 Å². The van der Waals surface area contributed by atoms with E-state index in [9.17, 15) is 0 Å². The first kappa shape index (κ1) is 31.1. The van der Waals surface area contributed by atoms with Crippen molar-refractivity contribution in [1.82, 2.24) is 4.57 Å². The molecule has 0 amide bonds. The van der Waals surface area contributed by atoms with Crippen LogP contribution in [0.2, 0.25) is 0 Å². The lowest BCUT2D eigenvalue weighted by molar-refractivity contribution is 0.668. The average Bonchev–Trinajstić information content (AvgIpc) is 4.10. The first-order valence-corrected chi connectivity index (χ1v) is 20.5. The molecule has 0 spiro atoms. The molecule has 0 atom stereocenters. The van der Waals surface area contributed by atoms with Crippen molar-refractivity contribution in [3.05, 3.63) is 176 Å². The van der Waals surface area contributed by atoms with E-state index in [1.54, 1.807) is 0 Å². The molecule has 0 unspecified atom stereocenters. The third-order valence-electron chi connectivity index (χ3n) is 13.4. The van der Waals surface area contributed by atoms with E-state index >= 15 is 0 Å². The molecule has 6 heteroatoms. The Labute approximate surface area is 341 Å². The molecule has 0 fully saturated rings. The normalized spacial score (nSPS) is 13.3. The predicted octanol–water partition coefficient (Wildman–Crippen LogP) is 12.8. The third kappa shape index (κ3) is 3.88. The van der Waals surface area contributed by atoms with Gasteiger partial charge >= 0.3 is 0 Å². The summed E-state index contributed by atoms with van der Waals surface area (Å²) in [7, 11) is 0. The summed E-state index contributed by atoms with van der Waals surface area (Å²) in [5.74, 6) is 0. The second-order valence-electron chi connectivity index (χ2n) is 16.4. The van der Waals surface area contributed by atoms with E-state index in [1.807, 2.05) is 18.2 Å². The van der Waals surface area contributed by atoms with Gasteiger partial charge in [-0.3, -0.25) is 0 Å². The van der Waals surface area contributed by atoms with E-state index in [1.165, 1.54) is 49.3 Å². The van der Waals surface area contributed by atoms with Crippen molar-refractivity contribution < 1.29 is 13.3 Å². The third-order valence-corrected chi connectivity index (χ3v) is 13.4. The molecule has 0 aliphatic carbocycles. The summed E-state index contributed by atoms with van der Waals surface area (Å²) in [5, 5.41) is 9.12. The van der Waals surface area contributed by atoms with Gasteiger partial charge in [0.25, 0.3) is 0 Å². The van der Waals surface area contributed by atoms with Gasteiger partial charge < -0.3 is 22.7 Å². The van der Waals surface area contributed by atoms with Gasteiger partial charge in [0.15, 0.2) is 0 Å². The minimum atomic E-state index is -0.0582. The molecule has 0 N–H and O–H groups in total. The Hall–Kier alpha value is -7.96. The quantitative estimate of drug-likeness (QED) is 0.165. The van der Waals surface area contributed by atoms with Crippen LogP contribution in [0.5, 0.6) is 0 Å². The van der Waals surface area contributed by atoms with Gasteiger partial charge in [-0.2, -0.15) is 0 Å². The fourth-order valence-electron chi connectivity index (χ4n) is 10.9. The van der Waals surface area contributed by atoms with Crippen LogP contribution >= 0.6 is 0 Å². The lowest BCUT2D eigenvalue weighted by Crippen LogP contribution is -2.54. The van der Waals surface area contributed by atoms with E-state index in [4.69, 9.17) is 13.3 Å². The number of fused-ring (bicyclic) bond motifs is 17. The number of aromatic nitrogens is 1. The van der Waals surface area contributed by atoms with Crippen LogP contribution in [-0.4, -0.2) is 11.3 Å². The SMILES string of the molecule is c1ccc2c(c1)oc1ccc(N3c4cc5c(cc4B4c6cc7oc8ccccc8c7cc6-c6cc(-n7c8ccccc8c8ccccc87)cc3c64)oc3ccccc35)cc12. The molecule has 0 radical (unpaired) electrons. The topological polar surface area (TPSA) is 47.6 Å². The highest BCUT2D eigenvalue weighted by Gasteiger charge is 2.44. The largest absolute Gasteiger partial charge is 0.456 e.